The first-order valence-corrected chi connectivity index (χ1v) is 6.59. The van der Waals surface area contributed by atoms with Crippen molar-refractivity contribution in [1.29, 1.82) is 0 Å². The molecule has 0 amide bonds. The van der Waals surface area contributed by atoms with Crippen molar-refractivity contribution in [2.75, 3.05) is 12.0 Å². The second-order valence-corrected chi connectivity index (χ2v) is 4.97. The van der Waals surface area contributed by atoms with Gasteiger partial charge in [-0.25, -0.2) is 0 Å². The normalized spacial score (nSPS) is 13.8. The van der Waals surface area contributed by atoms with E-state index in [4.69, 9.17) is 0 Å². The van der Waals surface area contributed by atoms with Gasteiger partial charge in [0.05, 0.1) is 0 Å². The van der Waals surface area contributed by atoms with Gasteiger partial charge < -0.3 is 0 Å². The highest BCUT2D eigenvalue weighted by Crippen LogP contribution is 2.18. The number of hydrogen-bond acceptors (Lipinski definition) is 1. The molecule has 0 spiro atoms. The van der Waals surface area contributed by atoms with Crippen molar-refractivity contribution >= 4 is 11.8 Å². The Morgan fingerprint density at radius 3 is 2.25 bits per heavy atom. The van der Waals surface area contributed by atoms with Crippen LogP contribution in [0.4, 0.5) is 0 Å². The Hall–Kier alpha value is 0.350. The first-order valence-electron chi connectivity index (χ1n) is 5.19. The summed E-state index contributed by atoms with van der Waals surface area (Å²) < 4.78 is 0. The van der Waals surface area contributed by atoms with Gasteiger partial charge in [-0.2, -0.15) is 11.8 Å². The van der Waals surface area contributed by atoms with Gasteiger partial charge in [0.25, 0.3) is 0 Å². The van der Waals surface area contributed by atoms with Crippen LogP contribution in [-0.2, 0) is 0 Å². The lowest BCUT2D eigenvalue weighted by Gasteiger charge is -2.13. The molecule has 1 unspecified atom stereocenters. The second kappa shape index (κ2) is 7.97. The maximum atomic E-state index is 2.32. The van der Waals surface area contributed by atoms with Crippen molar-refractivity contribution < 1.29 is 0 Å². The van der Waals surface area contributed by atoms with E-state index in [2.05, 4.69) is 27.0 Å². The van der Waals surface area contributed by atoms with Gasteiger partial charge >= 0.3 is 0 Å². The van der Waals surface area contributed by atoms with E-state index in [1.54, 1.807) is 0 Å². The van der Waals surface area contributed by atoms with Crippen LogP contribution in [-0.4, -0.2) is 12.0 Å². The minimum absolute atomic E-state index is 0.886. The molecule has 1 heteroatoms. The minimum atomic E-state index is 0.886. The molecular weight excluding hydrogens is 164 g/mol. The third-order valence-electron chi connectivity index (χ3n) is 2.37. The molecule has 0 saturated heterocycles. The summed E-state index contributed by atoms with van der Waals surface area (Å²) in [6, 6.07) is 0. The molecule has 0 aliphatic heterocycles. The zero-order chi connectivity index (χ0) is 9.40. The molecule has 0 N–H and O–H groups in total. The van der Waals surface area contributed by atoms with Crippen LogP contribution in [0.25, 0.3) is 0 Å². The maximum Gasteiger partial charge on any atom is -0.00420 e. The molecule has 12 heavy (non-hydrogen) atoms. The summed E-state index contributed by atoms with van der Waals surface area (Å²) in [6.45, 7) is 6.95. The van der Waals surface area contributed by atoms with E-state index < -0.39 is 0 Å². The fourth-order valence-electron chi connectivity index (χ4n) is 1.46. The topological polar surface area (TPSA) is 0 Å². The molecular formula is C11H24S. The zero-order valence-corrected chi connectivity index (χ0v) is 9.91. The molecule has 0 radical (unpaired) electrons. The van der Waals surface area contributed by atoms with Crippen LogP contribution >= 0.6 is 11.8 Å². The van der Waals surface area contributed by atoms with Gasteiger partial charge in [0, 0.05) is 0 Å². The molecule has 0 aliphatic carbocycles. The molecule has 74 valence electrons. The average Bonchev–Trinajstić information content (AvgIpc) is 2.02. The molecule has 0 heterocycles. The zero-order valence-electron chi connectivity index (χ0n) is 9.10. The first-order chi connectivity index (χ1) is 5.70. The summed E-state index contributed by atoms with van der Waals surface area (Å²) in [6.07, 6.45) is 7.85. The predicted octanol–water partition coefficient (Wildman–Crippen LogP) is 4.20. The summed E-state index contributed by atoms with van der Waals surface area (Å²) in [5, 5.41) is 0. The minimum Gasteiger partial charge on any atom is -0.165 e. The molecule has 0 bridgehead atoms. The Kier molecular flexibility index (Phi) is 8.20. The Balaban J connectivity index is 3.31. The molecule has 0 aromatic carbocycles. The standard InChI is InChI=1S/C11H24S/c1-5-11(9-12-4)8-6-7-10(2)3/h10-11H,5-9H2,1-4H3. The molecule has 0 aromatic rings. The van der Waals surface area contributed by atoms with E-state index >= 15 is 0 Å². The Labute approximate surface area is 82.5 Å². The van der Waals surface area contributed by atoms with Crippen LogP contribution in [0.15, 0.2) is 0 Å². The third-order valence-corrected chi connectivity index (χ3v) is 3.18. The second-order valence-electron chi connectivity index (χ2n) is 4.05. The van der Waals surface area contributed by atoms with Crippen molar-refractivity contribution in [1.82, 2.24) is 0 Å². The maximum absolute atomic E-state index is 2.32. The van der Waals surface area contributed by atoms with E-state index in [9.17, 15) is 0 Å². The van der Waals surface area contributed by atoms with Gasteiger partial charge in [-0.3, -0.25) is 0 Å². The molecule has 0 saturated carbocycles. The molecule has 0 fully saturated rings. The Morgan fingerprint density at radius 2 is 1.83 bits per heavy atom. The van der Waals surface area contributed by atoms with Crippen molar-refractivity contribution in [3.8, 4) is 0 Å². The Morgan fingerprint density at radius 1 is 1.17 bits per heavy atom. The monoisotopic (exact) mass is 188 g/mol. The van der Waals surface area contributed by atoms with Gasteiger partial charge in [-0.1, -0.05) is 40.0 Å². The highest BCUT2D eigenvalue weighted by atomic mass is 32.2. The van der Waals surface area contributed by atoms with Crippen molar-refractivity contribution in [2.45, 2.75) is 46.5 Å². The van der Waals surface area contributed by atoms with Gasteiger partial charge in [0.2, 0.25) is 0 Å². The average molecular weight is 188 g/mol. The van der Waals surface area contributed by atoms with E-state index in [0.717, 1.165) is 11.8 Å². The van der Waals surface area contributed by atoms with Crippen LogP contribution in [0.5, 0.6) is 0 Å². The summed E-state index contributed by atoms with van der Waals surface area (Å²) in [4.78, 5) is 0. The first kappa shape index (κ1) is 12.3. The third kappa shape index (κ3) is 7.02. The SMILES string of the molecule is CCC(CCCC(C)C)CSC. The van der Waals surface area contributed by atoms with E-state index in [-0.39, 0.29) is 0 Å². The molecule has 1 atom stereocenters. The van der Waals surface area contributed by atoms with E-state index in [1.165, 1.54) is 31.4 Å². The summed E-state index contributed by atoms with van der Waals surface area (Å²) in [5.41, 5.74) is 0. The van der Waals surface area contributed by atoms with Gasteiger partial charge in [0.1, 0.15) is 0 Å². The van der Waals surface area contributed by atoms with Gasteiger partial charge in [-0.05, 0) is 30.3 Å². The van der Waals surface area contributed by atoms with Crippen LogP contribution < -0.4 is 0 Å². The van der Waals surface area contributed by atoms with Crippen LogP contribution in [0.1, 0.15) is 46.5 Å². The lowest BCUT2D eigenvalue weighted by atomic mass is 9.98. The number of hydrogen-bond donors (Lipinski definition) is 0. The van der Waals surface area contributed by atoms with Crippen LogP contribution in [0.2, 0.25) is 0 Å². The molecule has 0 aromatic heterocycles. The van der Waals surface area contributed by atoms with Crippen molar-refractivity contribution in [3.05, 3.63) is 0 Å². The van der Waals surface area contributed by atoms with Crippen molar-refractivity contribution in [2.24, 2.45) is 11.8 Å². The fourth-order valence-corrected chi connectivity index (χ4v) is 2.33. The summed E-state index contributed by atoms with van der Waals surface area (Å²) in [5.74, 6) is 3.21. The van der Waals surface area contributed by atoms with Crippen molar-refractivity contribution in [3.63, 3.8) is 0 Å². The fraction of sp³-hybridized carbons (Fsp3) is 1.00. The van der Waals surface area contributed by atoms with E-state index in [1.807, 2.05) is 11.8 Å². The smallest absolute Gasteiger partial charge is 0.00420 e. The quantitative estimate of drug-likeness (QED) is 0.577. The highest BCUT2D eigenvalue weighted by Gasteiger charge is 2.05. The lowest BCUT2D eigenvalue weighted by molar-refractivity contribution is 0.454. The van der Waals surface area contributed by atoms with E-state index in [0.29, 0.717) is 0 Å². The largest absolute Gasteiger partial charge is 0.165 e. The summed E-state index contributed by atoms with van der Waals surface area (Å²) >= 11 is 1.99. The molecule has 0 aliphatic rings. The highest BCUT2D eigenvalue weighted by molar-refractivity contribution is 7.98. The Bertz CT molecular complexity index is 89.0. The lowest BCUT2D eigenvalue weighted by Crippen LogP contribution is -2.02. The van der Waals surface area contributed by atoms with Crippen LogP contribution in [0.3, 0.4) is 0 Å². The molecule has 0 rings (SSSR count). The summed E-state index contributed by atoms with van der Waals surface area (Å²) in [7, 11) is 0. The van der Waals surface area contributed by atoms with Gasteiger partial charge in [-0.15, -0.1) is 0 Å². The van der Waals surface area contributed by atoms with Crippen LogP contribution in [0, 0.1) is 11.8 Å². The molecule has 0 nitrogen and oxygen atoms in total. The number of rotatable bonds is 7. The number of thioether (sulfide) groups is 1. The predicted molar refractivity (Wildman–Crippen MR) is 60.9 cm³/mol. The van der Waals surface area contributed by atoms with Gasteiger partial charge in [0.15, 0.2) is 0 Å².